The Kier molecular flexibility index (Phi) is 6.14. The van der Waals surface area contributed by atoms with Crippen molar-refractivity contribution in [2.24, 2.45) is 0 Å². The Balaban J connectivity index is 2.55. The summed E-state index contributed by atoms with van der Waals surface area (Å²) in [5.74, 6) is -1.26. The van der Waals surface area contributed by atoms with Gasteiger partial charge < -0.3 is 15.7 Å². The zero-order valence-electron chi connectivity index (χ0n) is 10.4. The van der Waals surface area contributed by atoms with E-state index in [0.717, 1.165) is 24.3 Å². The Hall–Kier alpha value is -1.76. The zero-order valence-corrected chi connectivity index (χ0v) is 11.2. The molecule has 0 heterocycles. The molecule has 0 bridgehead atoms. The van der Waals surface area contributed by atoms with Crippen LogP contribution in [0, 0.1) is 5.82 Å². The number of carboxylic acids is 1. The molecule has 2 amide bonds. The molecule has 19 heavy (non-hydrogen) atoms. The highest BCUT2D eigenvalue weighted by Gasteiger charge is 2.11. The van der Waals surface area contributed by atoms with Gasteiger partial charge in [0.15, 0.2) is 0 Å². The summed E-state index contributed by atoms with van der Waals surface area (Å²) in [4.78, 5) is 22.2. The predicted octanol–water partition coefficient (Wildman–Crippen LogP) is 2.40. The number of nitrogens with one attached hydrogen (secondary N) is 2. The average molecular weight is 286 g/mol. The van der Waals surface area contributed by atoms with E-state index in [0.29, 0.717) is 6.54 Å². The molecule has 0 radical (unpaired) electrons. The third-order valence-electron chi connectivity index (χ3n) is 2.27. The van der Waals surface area contributed by atoms with Crippen LogP contribution in [0.5, 0.6) is 0 Å². The van der Waals surface area contributed by atoms with Crippen molar-refractivity contribution in [3.63, 3.8) is 0 Å². The molecule has 1 aromatic carbocycles. The average Bonchev–Trinajstić information content (AvgIpc) is 2.36. The van der Waals surface area contributed by atoms with Crippen molar-refractivity contribution in [2.75, 3.05) is 23.9 Å². The topological polar surface area (TPSA) is 78.4 Å². The number of hydrogen-bond acceptors (Lipinski definition) is 3. The molecule has 7 heteroatoms. The Morgan fingerprint density at radius 2 is 2.16 bits per heavy atom. The van der Waals surface area contributed by atoms with Gasteiger partial charge >= 0.3 is 12.0 Å². The number of anilines is 1. The quantitative estimate of drug-likeness (QED) is 0.702. The molecule has 1 aromatic rings. The van der Waals surface area contributed by atoms with Gasteiger partial charge in [-0.25, -0.2) is 14.0 Å². The van der Waals surface area contributed by atoms with Crippen LogP contribution >= 0.6 is 11.8 Å². The van der Waals surface area contributed by atoms with Crippen molar-refractivity contribution < 1.29 is 19.1 Å². The predicted molar refractivity (Wildman–Crippen MR) is 73.4 cm³/mol. The van der Waals surface area contributed by atoms with Crippen LogP contribution in [0.15, 0.2) is 18.2 Å². The standard InChI is InChI=1S/C12H15FN2O3S/c1-19-6-2-5-14-12(18)15-8-3-4-10(13)9(7-8)11(16)17/h3-4,7H,2,5-6H2,1H3,(H,16,17)(H2,14,15,18). The number of carboxylic acid groups (broad SMARTS) is 1. The molecule has 0 unspecified atom stereocenters. The highest BCUT2D eigenvalue weighted by Crippen LogP contribution is 2.14. The van der Waals surface area contributed by atoms with Gasteiger partial charge in [-0.05, 0) is 36.6 Å². The van der Waals surface area contributed by atoms with Gasteiger partial charge in [0.1, 0.15) is 5.82 Å². The summed E-state index contributed by atoms with van der Waals surface area (Å²) in [7, 11) is 0. The number of thioether (sulfide) groups is 1. The van der Waals surface area contributed by atoms with E-state index in [1.54, 1.807) is 11.8 Å². The first kappa shape index (κ1) is 15.3. The van der Waals surface area contributed by atoms with Crippen LogP contribution in [0.1, 0.15) is 16.8 Å². The van der Waals surface area contributed by atoms with Crippen molar-refractivity contribution in [3.8, 4) is 0 Å². The maximum Gasteiger partial charge on any atom is 0.338 e. The van der Waals surface area contributed by atoms with Crippen molar-refractivity contribution in [1.29, 1.82) is 0 Å². The smallest absolute Gasteiger partial charge is 0.338 e. The van der Waals surface area contributed by atoms with E-state index in [-0.39, 0.29) is 5.69 Å². The minimum absolute atomic E-state index is 0.237. The zero-order chi connectivity index (χ0) is 14.3. The first-order valence-electron chi connectivity index (χ1n) is 5.61. The van der Waals surface area contributed by atoms with Gasteiger partial charge in [0, 0.05) is 12.2 Å². The molecule has 104 valence electrons. The highest BCUT2D eigenvalue weighted by atomic mass is 32.2. The van der Waals surface area contributed by atoms with Gasteiger partial charge in [0.05, 0.1) is 5.56 Å². The number of rotatable bonds is 6. The lowest BCUT2D eigenvalue weighted by atomic mass is 10.2. The van der Waals surface area contributed by atoms with E-state index in [1.165, 1.54) is 6.07 Å². The van der Waals surface area contributed by atoms with Crippen LogP contribution in [-0.4, -0.2) is 35.7 Å². The molecule has 0 aliphatic carbocycles. The van der Waals surface area contributed by atoms with E-state index < -0.39 is 23.4 Å². The summed E-state index contributed by atoms with van der Waals surface area (Å²) >= 11 is 1.69. The summed E-state index contributed by atoms with van der Waals surface area (Å²) in [6.07, 6.45) is 2.82. The van der Waals surface area contributed by atoms with E-state index in [4.69, 9.17) is 5.11 Å². The maximum atomic E-state index is 13.1. The lowest BCUT2D eigenvalue weighted by Crippen LogP contribution is -2.29. The minimum Gasteiger partial charge on any atom is -0.478 e. The summed E-state index contributed by atoms with van der Waals surface area (Å²) in [5.41, 5.74) is -0.235. The molecule has 0 atom stereocenters. The van der Waals surface area contributed by atoms with Crippen molar-refractivity contribution in [2.45, 2.75) is 6.42 Å². The fraction of sp³-hybridized carbons (Fsp3) is 0.333. The lowest BCUT2D eigenvalue weighted by molar-refractivity contribution is 0.0692. The Morgan fingerprint density at radius 1 is 1.42 bits per heavy atom. The summed E-state index contributed by atoms with van der Waals surface area (Å²) in [6, 6.07) is 2.96. The maximum absolute atomic E-state index is 13.1. The third-order valence-corrected chi connectivity index (χ3v) is 2.96. The number of carbonyl (C=O) groups is 2. The molecule has 3 N–H and O–H groups in total. The number of halogens is 1. The number of aromatic carboxylic acids is 1. The molecule has 0 fully saturated rings. The number of hydrogen-bond donors (Lipinski definition) is 3. The molecular formula is C12H15FN2O3S. The van der Waals surface area contributed by atoms with Gasteiger partial charge in [0.2, 0.25) is 0 Å². The number of carbonyl (C=O) groups excluding carboxylic acids is 1. The second-order valence-corrected chi connectivity index (χ2v) is 4.71. The molecular weight excluding hydrogens is 271 g/mol. The second kappa shape index (κ2) is 7.63. The van der Waals surface area contributed by atoms with Crippen LogP contribution in [-0.2, 0) is 0 Å². The van der Waals surface area contributed by atoms with Gasteiger partial charge in [-0.1, -0.05) is 0 Å². The summed E-state index contributed by atoms with van der Waals surface area (Å²) in [5, 5.41) is 13.8. The SMILES string of the molecule is CSCCCNC(=O)Nc1ccc(F)c(C(=O)O)c1. The van der Waals surface area contributed by atoms with Gasteiger partial charge in [0.25, 0.3) is 0 Å². The highest BCUT2D eigenvalue weighted by molar-refractivity contribution is 7.98. The normalized spacial score (nSPS) is 10.0. The van der Waals surface area contributed by atoms with Gasteiger partial charge in [-0.2, -0.15) is 11.8 Å². The second-order valence-electron chi connectivity index (χ2n) is 3.73. The molecule has 1 rings (SSSR count). The fourth-order valence-electron chi connectivity index (χ4n) is 1.36. The third kappa shape index (κ3) is 5.17. The van der Waals surface area contributed by atoms with Crippen molar-refractivity contribution in [1.82, 2.24) is 5.32 Å². The fourth-order valence-corrected chi connectivity index (χ4v) is 1.79. The van der Waals surface area contributed by atoms with E-state index in [1.807, 2.05) is 6.26 Å². The minimum atomic E-state index is -1.37. The molecule has 0 aromatic heterocycles. The summed E-state index contributed by atoms with van der Waals surface area (Å²) < 4.78 is 13.1. The van der Waals surface area contributed by atoms with Crippen molar-refractivity contribution >= 4 is 29.4 Å². The van der Waals surface area contributed by atoms with Crippen LogP contribution in [0.4, 0.5) is 14.9 Å². The molecule has 0 saturated heterocycles. The Bertz CT molecular complexity index is 468. The van der Waals surface area contributed by atoms with Crippen LogP contribution < -0.4 is 10.6 Å². The molecule has 0 saturated carbocycles. The molecule has 0 spiro atoms. The molecule has 5 nitrogen and oxygen atoms in total. The summed E-state index contributed by atoms with van der Waals surface area (Å²) in [6.45, 7) is 0.527. The number of amides is 2. The first-order valence-corrected chi connectivity index (χ1v) is 7.00. The molecule has 0 aliphatic heterocycles. The Morgan fingerprint density at radius 3 is 2.79 bits per heavy atom. The largest absolute Gasteiger partial charge is 0.478 e. The van der Waals surface area contributed by atoms with E-state index in [9.17, 15) is 14.0 Å². The van der Waals surface area contributed by atoms with Gasteiger partial charge in [-0.15, -0.1) is 0 Å². The number of urea groups is 1. The first-order chi connectivity index (χ1) is 9.04. The van der Waals surface area contributed by atoms with Gasteiger partial charge in [-0.3, -0.25) is 0 Å². The Labute approximate surface area is 114 Å². The van der Waals surface area contributed by atoms with E-state index >= 15 is 0 Å². The van der Waals surface area contributed by atoms with Crippen molar-refractivity contribution in [3.05, 3.63) is 29.6 Å². The lowest BCUT2D eigenvalue weighted by Gasteiger charge is -2.08. The van der Waals surface area contributed by atoms with Crippen LogP contribution in [0.25, 0.3) is 0 Å². The van der Waals surface area contributed by atoms with Crippen LogP contribution in [0.2, 0.25) is 0 Å². The molecule has 0 aliphatic rings. The number of benzene rings is 1. The monoisotopic (exact) mass is 286 g/mol. The van der Waals surface area contributed by atoms with E-state index in [2.05, 4.69) is 10.6 Å². The van der Waals surface area contributed by atoms with Crippen LogP contribution in [0.3, 0.4) is 0 Å².